The Labute approximate surface area is 120 Å². The van der Waals surface area contributed by atoms with Crippen molar-refractivity contribution in [2.24, 2.45) is 0 Å². The van der Waals surface area contributed by atoms with Crippen molar-refractivity contribution < 1.29 is 19.2 Å². The first-order valence-corrected chi connectivity index (χ1v) is 7.11. The standard InChI is InChI=1S/C13H15NO5S/c1-18-13(15)9-2-3-11(14(16)17)12(8-9)20-10-4-6-19-7-5-10/h2-3,8,10H,4-7H2,1H3. The number of ether oxygens (including phenoxy) is 2. The Hall–Kier alpha value is -1.60. The average molecular weight is 297 g/mol. The second kappa shape index (κ2) is 6.71. The van der Waals surface area contributed by atoms with Crippen LogP contribution in [0.4, 0.5) is 5.69 Å². The van der Waals surface area contributed by atoms with Gasteiger partial charge in [-0.3, -0.25) is 10.1 Å². The third kappa shape index (κ3) is 3.49. The average Bonchev–Trinajstić information content (AvgIpc) is 2.47. The van der Waals surface area contributed by atoms with Gasteiger partial charge in [0.2, 0.25) is 0 Å². The molecule has 1 aliphatic rings. The van der Waals surface area contributed by atoms with Gasteiger partial charge in [0, 0.05) is 24.5 Å². The van der Waals surface area contributed by atoms with Gasteiger partial charge in [-0.25, -0.2) is 4.79 Å². The van der Waals surface area contributed by atoms with Gasteiger partial charge in [-0.1, -0.05) is 0 Å². The smallest absolute Gasteiger partial charge is 0.337 e. The molecule has 108 valence electrons. The first kappa shape index (κ1) is 14.8. The Morgan fingerprint density at radius 3 is 2.75 bits per heavy atom. The van der Waals surface area contributed by atoms with Gasteiger partial charge in [-0.15, -0.1) is 11.8 Å². The van der Waals surface area contributed by atoms with Crippen molar-refractivity contribution in [1.29, 1.82) is 0 Å². The monoisotopic (exact) mass is 297 g/mol. The molecule has 0 N–H and O–H groups in total. The second-order valence-corrected chi connectivity index (χ2v) is 5.70. The lowest BCUT2D eigenvalue weighted by Gasteiger charge is -2.21. The number of thioether (sulfide) groups is 1. The number of rotatable bonds is 4. The topological polar surface area (TPSA) is 78.7 Å². The molecule has 0 saturated carbocycles. The molecule has 0 bridgehead atoms. The van der Waals surface area contributed by atoms with Gasteiger partial charge in [0.25, 0.3) is 5.69 Å². The minimum Gasteiger partial charge on any atom is -0.465 e. The number of carbonyl (C=O) groups is 1. The number of hydrogen-bond donors (Lipinski definition) is 0. The Balaban J connectivity index is 2.26. The molecule has 1 fully saturated rings. The van der Waals surface area contributed by atoms with E-state index in [2.05, 4.69) is 4.74 Å². The lowest BCUT2D eigenvalue weighted by atomic mass is 10.2. The number of nitro groups is 1. The molecular formula is C13H15NO5S. The highest BCUT2D eigenvalue weighted by atomic mass is 32.2. The van der Waals surface area contributed by atoms with Crippen molar-refractivity contribution in [1.82, 2.24) is 0 Å². The van der Waals surface area contributed by atoms with Crippen molar-refractivity contribution >= 4 is 23.4 Å². The summed E-state index contributed by atoms with van der Waals surface area (Å²) in [4.78, 5) is 22.7. The van der Waals surface area contributed by atoms with Crippen molar-refractivity contribution in [2.45, 2.75) is 23.0 Å². The van der Waals surface area contributed by atoms with E-state index in [4.69, 9.17) is 4.74 Å². The summed E-state index contributed by atoms with van der Waals surface area (Å²) < 4.78 is 9.92. The minimum atomic E-state index is -0.492. The first-order chi connectivity index (χ1) is 9.61. The predicted octanol–water partition coefficient (Wildman–Crippen LogP) is 2.65. The fourth-order valence-electron chi connectivity index (χ4n) is 1.98. The highest BCUT2D eigenvalue weighted by Crippen LogP contribution is 2.36. The summed E-state index contributed by atoms with van der Waals surface area (Å²) in [6.45, 7) is 1.34. The van der Waals surface area contributed by atoms with E-state index in [1.54, 1.807) is 0 Å². The van der Waals surface area contributed by atoms with Gasteiger partial charge >= 0.3 is 5.97 Å². The van der Waals surface area contributed by atoms with Crippen LogP contribution in [0.15, 0.2) is 23.1 Å². The molecular weight excluding hydrogens is 282 g/mol. The molecule has 20 heavy (non-hydrogen) atoms. The highest BCUT2D eigenvalue weighted by Gasteiger charge is 2.22. The van der Waals surface area contributed by atoms with E-state index in [0.29, 0.717) is 23.7 Å². The largest absolute Gasteiger partial charge is 0.465 e. The summed E-state index contributed by atoms with van der Waals surface area (Å²) in [5.41, 5.74) is 0.349. The van der Waals surface area contributed by atoms with Crippen LogP contribution in [-0.2, 0) is 9.47 Å². The van der Waals surface area contributed by atoms with Gasteiger partial charge in [0.15, 0.2) is 0 Å². The molecule has 0 unspecified atom stereocenters. The Morgan fingerprint density at radius 2 is 2.15 bits per heavy atom. The summed E-state index contributed by atoms with van der Waals surface area (Å²) in [6, 6.07) is 4.30. The molecule has 0 spiro atoms. The van der Waals surface area contributed by atoms with E-state index in [1.165, 1.54) is 37.1 Å². The summed E-state index contributed by atoms with van der Waals surface area (Å²) in [6.07, 6.45) is 1.70. The van der Waals surface area contributed by atoms with E-state index < -0.39 is 10.9 Å². The maximum Gasteiger partial charge on any atom is 0.337 e. The summed E-state index contributed by atoms with van der Waals surface area (Å²) in [7, 11) is 1.29. The molecule has 1 saturated heterocycles. The molecule has 2 rings (SSSR count). The third-order valence-electron chi connectivity index (χ3n) is 3.04. The maximum atomic E-state index is 11.5. The van der Waals surface area contributed by atoms with Crippen LogP contribution < -0.4 is 0 Å². The second-order valence-electron chi connectivity index (χ2n) is 4.36. The van der Waals surface area contributed by atoms with Crippen LogP contribution in [0.2, 0.25) is 0 Å². The third-order valence-corrected chi connectivity index (χ3v) is 4.43. The molecule has 0 atom stereocenters. The molecule has 0 radical (unpaired) electrons. The quantitative estimate of drug-likeness (QED) is 0.483. The zero-order chi connectivity index (χ0) is 14.5. The molecule has 1 heterocycles. The maximum absolute atomic E-state index is 11.5. The normalized spacial score (nSPS) is 15.8. The SMILES string of the molecule is COC(=O)c1ccc([N+](=O)[O-])c(SC2CCOCC2)c1. The Morgan fingerprint density at radius 1 is 1.45 bits per heavy atom. The van der Waals surface area contributed by atoms with Gasteiger partial charge in [-0.05, 0) is 25.0 Å². The van der Waals surface area contributed by atoms with E-state index in [9.17, 15) is 14.9 Å². The molecule has 0 aromatic heterocycles. The summed E-state index contributed by atoms with van der Waals surface area (Å²) in [5.74, 6) is -0.492. The number of methoxy groups -OCH3 is 1. The lowest BCUT2D eigenvalue weighted by Crippen LogP contribution is -2.17. The number of benzene rings is 1. The van der Waals surface area contributed by atoms with Crippen LogP contribution >= 0.6 is 11.8 Å². The van der Waals surface area contributed by atoms with Crippen molar-refractivity contribution in [3.8, 4) is 0 Å². The molecule has 1 aromatic rings. The van der Waals surface area contributed by atoms with Crippen LogP contribution in [-0.4, -0.2) is 36.5 Å². The van der Waals surface area contributed by atoms with Crippen molar-refractivity contribution in [3.63, 3.8) is 0 Å². The van der Waals surface area contributed by atoms with E-state index in [0.717, 1.165) is 12.8 Å². The van der Waals surface area contributed by atoms with Gasteiger partial charge in [0.1, 0.15) is 0 Å². The fourth-order valence-corrected chi connectivity index (χ4v) is 3.22. The molecule has 6 nitrogen and oxygen atoms in total. The van der Waals surface area contributed by atoms with Crippen LogP contribution in [0.25, 0.3) is 0 Å². The first-order valence-electron chi connectivity index (χ1n) is 6.23. The number of hydrogen-bond acceptors (Lipinski definition) is 6. The van der Waals surface area contributed by atoms with Crippen molar-refractivity contribution in [2.75, 3.05) is 20.3 Å². The number of nitrogens with zero attached hydrogens (tertiary/aromatic N) is 1. The number of esters is 1. The van der Waals surface area contributed by atoms with Gasteiger partial charge in [-0.2, -0.15) is 0 Å². The van der Waals surface area contributed by atoms with E-state index in [-0.39, 0.29) is 10.9 Å². The molecule has 7 heteroatoms. The van der Waals surface area contributed by atoms with Crippen LogP contribution in [0.3, 0.4) is 0 Å². The molecule has 0 amide bonds. The zero-order valence-corrected chi connectivity index (χ0v) is 11.9. The zero-order valence-electron chi connectivity index (χ0n) is 11.0. The number of nitro benzene ring substituents is 1. The Bertz CT molecular complexity index is 513. The van der Waals surface area contributed by atoms with E-state index in [1.807, 2.05) is 0 Å². The van der Waals surface area contributed by atoms with Gasteiger partial charge < -0.3 is 9.47 Å². The Kier molecular flexibility index (Phi) is 4.97. The summed E-state index contributed by atoms with van der Waals surface area (Å²) >= 11 is 1.43. The van der Waals surface area contributed by atoms with Gasteiger partial charge in [0.05, 0.1) is 22.5 Å². The van der Waals surface area contributed by atoms with Crippen LogP contribution in [0.1, 0.15) is 23.2 Å². The number of carbonyl (C=O) groups excluding carboxylic acids is 1. The van der Waals surface area contributed by atoms with Crippen LogP contribution in [0, 0.1) is 10.1 Å². The van der Waals surface area contributed by atoms with E-state index >= 15 is 0 Å². The lowest BCUT2D eigenvalue weighted by molar-refractivity contribution is -0.387. The molecule has 1 aromatic carbocycles. The minimum absolute atomic E-state index is 0.0224. The molecule has 1 aliphatic heterocycles. The fraction of sp³-hybridized carbons (Fsp3) is 0.462. The summed E-state index contributed by atoms with van der Waals surface area (Å²) in [5, 5.41) is 11.3. The van der Waals surface area contributed by atoms with Crippen molar-refractivity contribution in [3.05, 3.63) is 33.9 Å². The predicted molar refractivity (Wildman–Crippen MR) is 74.1 cm³/mol. The van der Waals surface area contributed by atoms with Crippen LogP contribution in [0.5, 0.6) is 0 Å². The highest BCUT2D eigenvalue weighted by molar-refractivity contribution is 8.00. The molecule has 0 aliphatic carbocycles.